The Labute approximate surface area is 302 Å². The fourth-order valence-electron chi connectivity index (χ4n) is 7.83. The van der Waals surface area contributed by atoms with Gasteiger partial charge in [0.2, 0.25) is 0 Å². The number of rotatable bonds is 5. The highest BCUT2D eigenvalue weighted by Gasteiger charge is 2.42. The van der Waals surface area contributed by atoms with E-state index in [-0.39, 0.29) is 23.3 Å². The lowest BCUT2D eigenvalue weighted by Gasteiger charge is -2.29. The number of hydrogen-bond acceptors (Lipinski definition) is 5. The topological polar surface area (TPSA) is 49.1 Å². The van der Waals surface area contributed by atoms with Gasteiger partial charge >= 0.3 is 0 Å². The molecule has 0 saturated heterocycles. The van der Waals surface area contributed by atoms with Gasteiger partial charge in [-0.2, -0.15) is 0 Å². The van der Waals surface area contributed by atoms with E-state index in [1.807, 2.05) is 17.8 Å². The lowest BCUT2D eigenvalue weighted by atomic mass is 9.81. The smallest absolute Gasteiger partial charge is 0.169 e. The summed E-state index contributed by atoms with van der Waals surface area (Å²) < 4.78 is 0. The zero-order valence-electron chi connectivity index (χ0n) is 27.9. The zero-order valence-corrected chi connectivity index (χ0v) is 28.7. The summed E-state index contributed by atoms with van der Waals surface area (Å²) in [6.45, 7) is 0. The fourth-order valence-corrected chi connectivity index (χ4v) is 9.32. The Morgan fingerprint density at radius 3 is 2.20 bits per heavy atom. The summed E-state index contributed by atoms with van der Waals surface area (Å²) in [5.74, 6) is 2.22. The van der Waals surface area contributed by atoms with Crippen LogP contribution in [0.2, 0.25) is 0 Å². The Kier molecular flexibility index (Phi) is 7.38. The van der Waals surface area contributed by atoms with Crippen molar-refractivity contribution in [2.75, 3.05) is 0 Å². The van der Waals surface area contributed by atoms with E-state index < -0.39 is 0 Å². The van der Waals surface area contributed by atoms with Crippen LogP contribution in [0.4, 0.5) is 5.69 Å². The molecule has 4 nitrogen and oxygen atoms in total. The first-order valence-electron chi connectivity index (χ1n) is 17.6. The van der Waals surface area contributed by atoms with Gasteiger partial charge in [-0.15, -0.1) is 11.8 Å². The second-order valence-corrected chi connectivity index (χ2v) is 14.7. The van der Waals surface area contributed by atoms with Crippen molar-refractivity contribution in [2.24, 2.45) is 20.9 Å². The number of aliphatic imine (C=N–C) groups is 3. The highest BCUT2D eigenvalue weighted by molar-refractivity contribution is 8.01. The molecule has 0 radical (unpaired) electrons. The number of hydrogen-bond donors (Lipinski definition) is 1. The van der Waals surface area contributed by atoms with Crippen LogP contribution in [0.5, 0.6) is 0 Å². The predicted molar refractivity (Wildman–Crippen MR) is 213 cm³/mol. The molecule has 1 N–H and O–H groups in total. The molecule has 10 rings (SSSR count). The van der Waals surface area contributed by atoms with Gasteiger partial charge in [-0.05, 0) is 51.3 Å². The molecule has 4 atom stereocenters. The number of fused-ring (bicyclic) bond motifs is 7. The van der Waals surface area contributed by atoms with Crippen LogP contribution < -0.4 is 5.32 Å². The van der Waals surface area contributed by atoms with E-state index in [0.717, 1.165) is 46.2 Å². The van der Waals surface area contributed by atoms with Gasteiger partial charge in [0, 0.05) is 27.7 Å². The predicted octanol–water partition coefficient (Wildman–Crippen LogP) is 10.8. The summed E-state index contributed by atoms with van der Waals surface area (Å²) in [4.78, 5) is 17.2. The van der Waals surface area contributed by atoms with Crippen molar-refractivity contribution < 1.29 is 0 Å². The maximum Gasteiger partial charge on any atom is 0.169 e. The van der Waals surface area contributed by atoms with E-state index in [1.165, 1.54) is 37.9 Å². The Bertz CT molecular complexity index is 2460. The molecule has 0 amide bonds. The molecule has 6 aromatic carbocycles. The third kappa shape index (κ3) is 5.36. The van der Waals surface area contributed by atoms with Crippen LogP contribution >= 0.6 is 11.8 Å². The van der Waals surface area contributed by atoms with E-state index in [4.69, 9.17) is 15.0 Å². The molecule has 51 heavy (non-hydrogen) atoms. The number of benzene rings is 6. The molecule has 5 heteroatoms. The normalized spacial score (nSPS) is 21.5. The maximum absolute atomic E-state index is 5.48. The molecule has 0 bridgehead atoms. The summed E-state index contributed by atoms with van der Waals surface area (Å²) in [5.41, 5.74) is 10.6. The van der Waals surface area contributed by atoms with E-state index in [9.17, 15) is 0 Å². The van der Waals surface area contributed by atoms with Crippen molar-refractivity contribution in [1.82, 2.24) is 5.32 Å². The van der Waals surface area contributed by atoms with Gasteiger partial charge in [-0.1, -0.05) is 158 Å². The number of thioether (sulfide) groups is 1. The average molecular weight is 675 g/mol. The van der Waals surface area contributed by atoms with Crippen LogP contribution in [0.1, 0.15) is 46.3 Å². The SMILES string of the molecule is C1=CCC(C2=NC(c3ccc(-c4ccccc4)cc3)N=C(c3ccc(C4=Nc5c(ccc6ccccc56)C5c6ccccc6SC45)cc3)N2)C=C1. The first-order chi connectivity index (χ1) is 25.3. The van der Waals surface area contributed by atoms with Gasteiger partial charge in [-0.25, -0.2) is 9.98 Å². The lowest BCUT2D eigenvalue weighted by molar-refractivity contribution is 0.721. The Morgan fingerprint density at radius 2 is 1.35 bits per heavy atom. The molecular weight excluding hydrogens is 641 g/mol. The highest BCUT2D eigenvalue weighted by Crippen LogP contribution is 2.55. The summed E-state index contributed by atoms with van der Waals surface area (Å²) in [5, 5.41) is 6.27. The fraction of sp³-hybridized carbons (Fsp3) is 0.109. The van der Waals surface area contributed by atoms with E-state index in [1.54, 1.807) is 0 Å². The standard InChI is InChI=1S/C46H34N4S/c1-3-11-29(12-4-1)30-19-23-34(24-20-30)45-48-44(33-14-5-2-6-15-33)49-46(50-45)35-25-21-32(22-26-35)41-43-40(37-17-9-10-18-39(37)51-43)38-28-27-31-13-7-8-16-36(31)42(38)47-41/h1-14,16-28,33,40,43,45H,15H2,(H,48,49,50). The number of amidine groups is 2. The summed E-state index contributed by atoms with van der Waals surface area (Å²) in [6, 6.07) is 50.1. The Balaban J connectivity index is 1.02. The molecule has 244 valence electrons. The van der Waals surface area contributed by atoms with Gasteiger partial charge in [-0.3, -0.25) is 4.99 Å². The van der Waals surface area contributed by atoms with Crippen LogP contribution in [0.15, 0.2) is 184 Å². The van der Waals surface area contributed by atoms with Gasteiger partial charge in [0.15, 0.2) is 6.17 Å². The van der Waals surface area contributed by atoms with E-state index in [0.29, 0.717) is 0 Å². The van der Waals surface area contributed by atoms with Gasteiger partial charge in [0.05, 0.1) is 16.6 Å². The third-order valence-electron chi connectivity index (χ3n) is 10.4. The summed E-state index contributed by atoms with van der Waals surface area (Å²) >= 11 is 1.94. The Morgan fingerprint density at radius 1 is 0.608 bits per heavy atom. The minimum Gasteiger partial charge on any atom is -0.328 e. The van der Waals surface area contributed by atoms with Gasteiger partial charge in [0.25, 0.3) is 0 Å². The minimum atomic E-state index is -0.332. The molecule has 3 heterocycles. The van der Waals surface area contributed by atoms with Crippen molar-refractivity contribution >= 4 is 45.6 Å². The van der Waals surface area contributed by atoms with Crippen molar-refractivity contribution in [3.8, 4) is 11.1 Å². The third-order valence-corrected chi connectivity index (χ3v) is 11.8. The second-order valence-electron chi connectivity index (χ2n) is 13.5. The number of nitrogens with one attached hydrogen (secondary N) is 1. The molecule has 0 spiro atoms. The molecular formula is C46H34N4S. The highest BCUT2D eigenvalue weighted by atomic mass is 32.2. The first kappa shape index (κ1) is 30.1. The van der Waals surface area contributed by atoms with Crippen molar-refractivity contribution in [1.29, 1.82) is 0 Å². The molecule has 3 aliphatic heterocycles. The number of allylic oxidation sites excluding steroid dienone is 3. The van der Waals surface area contributed by atoms with Gasteiger partial charge < -0.3 is 5.32 Å². The molecule has 1 aliphatic carbocycles. The van der Waals surface area contributed by atoms with Crippen molar-refractivity contribution in [3.05, 3.63) is 192 Å². The largest absolute Gasteiger partial charge is 0.328 e. The summed E-state index contributed by atoms with van der Waals surface area (Å²) in [7, 11) is 0. The van der Waals surface area contributed by atoms with E-state index >= 15 is 0 Å². The molecule has 0 fully saturated rings. The summed E-state index contributed by atoms with van der Waals surface area (Å²) in [6.07, 6.45) is 9.23. The molecule has 6 aromatic rings. The lowest BCUT2D eigenvalue weighted by Crippen LogP contribution is -2.39. The monoisotopic (exact) mass is 674 g/mol. The number of nitrogens with zero attached hydrogens (tertiary/aromatic N) is 3. The molecule has 0 saturated carbocycles. The minimum absolute atomic E-state index is 0.176. The maximum atomic E-state index is 5.48. The van der Waals surface area contributed by atoms with Crippen molar-refractivity contribution in [3.63, 3.8) is 0 Å². The van der Waals surface area contributed by atoms with Crippen LogP contribution in [-0.4, -0.2) is 22.6 Å². The van der Waals surface area contributed by atoms with E-state index in [2.05, 4.69) is 163 Å². The van der Waals surface area contributed by atoms with Crippen LogP contribution in [0.25, 0.3) is 21.9 Å². The van der Waals surface area contributed by atoms with Gasteiger partial charge in [0.1, 0.15) is 11.7 Å². The quantitative estimate of drug-likeness (QED) is 0.198. The Hall–Kier alpha value is -5.78. The molecule has 0 aromatic heterocycles. The zero-order chi connectivity index (χ0) is 33.7. The first-order valence-corrected chi connectivity index (χ1v) is 18.5. The molecule has 4 aliphatic rings. The van der Waals surface area contributed by atoms with Crippen LogP contribution in [-0.2, 0) is 0 Å². The average Bonchev–Trinajstić information content (AvgIpc) is 3.61. The van der Waals surface area contributed by atoms with Crippen molar-refractivity contribution in [2.45, 2.75) is 28.6 Å². The second kappa shape index (κ2) is 12.5. The molecule has 4 unspecified atom stereocenters. The van der Waals surface area contributed by atoms with Crippen LogP contribution in [0.3, 0.4) is 0 Å². The van der Waals surface area contributed by atoms with Crippen LogP contribution in [0, 0.1) is 5.92 Å².